The Hall–Kier alpha value is -2.70. The lowest BCUT2D eigenvalue weighted by atomic mass is 10.1. The van der Waals surface area contributed by atoms with Crippen molar-refractivity contribution in [3.63, 3.8) is 0 Å². The molecule has 0 radical (unpaired) electrons. The summed E-state index contributed by atoms with van der Waals surface area (Å²) in [6.45, 7) is 0.397. The molecule has 0 atom stereocenters. The van der Waals surface area contributed by atoms with Crippen molar-refractivity contribution in [2.24, 2.45) is 0 Å². The Bertz CT molecular complexity index is 954. The van der Waals surface area contributed by atoms with Crippen LogP contribution in [0.2, 0.25) is 5.02 Å². The Morgan fingerprint density at radius 1 is 1.11 bits per heavy atom. The van der Waals surface area contributed by atoms with Crippen LogP contribution in [0.25, 0.3) is 10.6 Å². The molecule has 2 N–H and O–H groups in total. The number of hydrogen-bond donors (Lipinski definition) is 2. The van der Waals surface area contributed by atoms with Gasteiger partial charge in [-0.2, -0.15) is 0 Å². The van der Waals surface area contributed by atoms with Crippen LogP contribution in [0.3, 0.4) is 0 Å². The molecule has 1 aromatic heterocycles. The van der Waals surface area contributed by atoms with E-state index in [4.69, 9.17) is 11.6 Å². The lowest BCUT2D eigenvalue weighted by molar-refractivity contribution is -0.120. The second kappa shape index (κ2) is 8.79. The van der Waals surface area contributed by atoms with Crippen molar-refractivity contribution in [1.29, 1.82) is 0 Å². The summed E-state index contributed by atoms with van der Waals surface area (Å²) in [4.78, 5) is 28.2. The fraction of sp³-hybridized carbons (Fsp3) is 0.150. The summed E-state index contributed by atoms with van der Waals surface area (Å²) in [5.74, 6) is -0.246. The highest BCUT2D eigenvalue weighted by Crippen LogP contribution is 2.30. The normalized spacial score (nSPS) is 10.4. The van der Waals surface area contributed by atoms with E-state index in [2.05, 4.69) is 15.6 Å². The van der Waals surface area contributed by atoms with Gasteiger partial charge in [0.25, 0.3) is 5.91 Å². The number of nitrogens with one attached hydrogen (secondary N) is 2. The third-order valence-electron chi connectivity index (χ3n) is 3.93. The minimum Gasteiger partial charge on any atom is -0.355 e. The highest BCUT2D eigenvalue weighted by molar-refractivity contribution is 7.13. The van der Waals surface area contributed by atoms with Crippen molar-refractivity contribution in [3.8, 4) is 10.6 Å². The standard InChI is InChI=1S/C20H18ClN3O2S/c1-22-19(26)14-8-6-13(7-9-14)11-23-18(25)10-15-12-27-20(24-15)16-4-2-3-5-17(16)21/h2-9,12H,10-11H2,1H3,(H,22,26)(H,23,25). The van der Waals surface area contributed by atoms with E-state index in [1.807, 2.05) is 41.8 Å². The number of nitrogens with zero attached hydrogens (tertiary/aromatic N) is 1. The minimum atomic E-state index is -0.136. The van der Waals surface area contributed by atoms with Gasteiger partial charge in [0.1, 0.15) is 5.01 Å². The molecule has 0 unspecified atom stereocenters. The Kier molecular flexibility index (Phi) is 6.21. The van der Waals surface area contributed by atoms with Crippen LogP contribution in [0, 0.1) is 0 Å². The first-order valence-corrected chi connectivity index (χ1v) is 9.59. The zero-order valence-corrected chi connectivity index (χ0v) is 16.2. The lowest BCUT2D eigenvalue weighted by Crippen LogP contribution is -2.24. The summed E-state index contributed by atoms with van der Waals surface area (Å²) in [6.07, 6.45) is 0.206. The number of amides is 2. The number of halogens is 1. The fourth-order valence-electron chi connectivity index (χ4n) is 2.49. The quantitative estimate of drug-likeness (QED) is 0.664. The first kappa shape index (κ1) is 19.1. The van der Waals surface area contributed by atoms with E-state index in [1.54, 1.807) is 19.2 Å². The molecule has 0 saturated heterocycles. The molecule has 0 saturated carbocycles. The minimum absolute atomic E-state index is 0.110. The number of rotatable bonds is 6. The van der Waals surface area contributed by atoms with Crippen LogP contribution in [0.15, 0.2) is 53.9 Å². The summed E-state index contributed by atoms with van der Waals surface area (Å²) < 4.78 is 0. The van der Waals surface area contributed by atoms with Crippen molar-refractivity contribution < 1.29 is 9.59 Å². The second-order valence-corrected chi connectivity index (χ2v) is 7.12. The summed E-state index contributed by atoms with van der Waals surface area (Å²) in [6, 6.07) is 14.6. The third kappa shape index (κ3) is 4.93. The number of aromatic nitrogens is 1. The first-order chi connectivity index (χ1) is 13.1. The van der Waals surface area contributed by atoms with E-state index in [-0.39, 0.29) is 18.2 Å². The smallest absolute Gasteiger partial charge is 0.251 e. The predicted octanol–water partition coefficient (Wildman–Crippen LogP) is 3.68. The van der Waals surface area contributed by atoms with Crippen LogP contribution in [0.5, 0.6) is 0 Å². The lowest BCUT2D eigenvalue weighted by Gasteiger charge is -2.06. The van der Waals surface area contributed by atoms with Gasteiger partial charge in [0.05, 0.1) is 17.1 Å². The predicted molar refractivity (Wildman–Crippen MR) is 108 cm³/mol. The molecule has 0 spiro atoms. The molecule has 0 aliphatic heterocycles. The number of thiazole rings is 1. The topological polar surface area (TPSA) is 71.1 Å². The highest BCUT2D eigenvalue weighted by Gasteiger charge is 2.11. The van der Waals surface area contributed by atoms with Gasteiger partial charge >= 0.3 is 0 Å². The van der Waals surface area contributed by atoms with Gasteiger partial charge in [-0.15, -0.1) is 11.3 Å². The van der Waals surface area contributed by atoms with Crippen LogP contribution < -0.4 is 10.6 Å². The van der Waals surface area contributed by atoms with E-state index >= 15 is 0 Å². The van der Waals surface area contributed by atoms with Crippen LogP contribution >= 0.6 is 22.9 Å². The molecule has 0 bridgehead atoms. The third-order valence-corrected chi connectivity index (χ3v) is 5.18. The number of carbonyl (C=O) groups excluding carboxylic acids is 2. The van der Waals surface area contributed by atoms with Gasteiger partial charge in [-0.3, -0.25) is 9.59 Å². The molecule has 138 valence electrons. The van der Waals surface area contributed by atoms with Gasteiger partial charge < -0.3 is 10.6 Å². The molecular weight excluding hydrogens is 382 g/mol. The van der Waals surface area contributed by atoms with Gasteiger partial charge in [0.2, 0.25) is 5.91 Å². The summed E-state index contributed by atoms with van der Waals surface area (Å²) in [5.41, 5.74) is 3.09. The Morgan fingerprint density at radius 3 is 2.56 bits per heavy atom. The maximum atomic E-state index is 12.2. The van der Waals surface area contributed by atoms with Crippen molar-refractivity contribution >= 4 is 34.8 Å². The summed E-state index contributed by atoms with van der Waals surface area (Å²) >= 11 is 7.66. The van der Waals surface area contributed by atoms with Crippen LogP contribution in [0.1, 0.15) is 21.6 Å². The van der Waals surface area contributed by atoms with Gasteiger partial charge in [0.15, 0.2) is 0 Å². The van der Waals surface area contributed by atoms with E-state index < -0.39 is 0 Å². The molecule has 5 nitrogen and oxygen atoms in total. The fourth-order valence-corrected chi connectivity index (χ4v) is 3.63. The molecule has 0 aliphatic carbocycles. The molecule has 0 fully saturated rings. The van der Waals surface area contributed by atoms with Gasteiger partial charge in [-0.05, 0) is 23.8 Å². The van der Waals surface area contributed by atoms with Crippen molar-refractivity contribution in [2.45, 2.75) is 13.0 Å². The van der Waals surface area contributed by atoms with Gasteiger partial charge in [0, 0.05) is 30.1 Å². The van der Waals surface area contributed by atoms with Gasteiger partial charge in [-0.25, -0.2) is 4.98 Å². The highest BCUT2D eigenvalue weighted by atomic mass is 35.5. The molecule has 0 aliphatic rings. The SMILES string of the molecule is CNC(=O)c1ccc(CNC(=O)Cc2csc(-c3ccccc3Cl)n2)cc1. The zero-order chi connectivity index (χ0) is 19.2. The molecule has 2 amide bonds. The number of hydrogen-bond acceptors (Lipinski definition) is 4. The van der Waals surface area contributed by atoms with Crippen LogP contribution in [-0.2, 0) is 17.8 Å². The maximum absolute atomic E-state index is 12.2. The molecule has 27 heavy (non-hydrogen) atoms. The Morgan fingerprint density at radius 2 is 1.85 bits per heavy atom. The van der Waals surface area contributed by atoms with Crippen molar-refractivity contribution in [2.75, 3.05) is 7.05 Å². The molecule has 2 aromatic carbocycles. The average Bonchev–Trinajstić information content (AvgIpc) is 3.14. The Labute approximate surface area is 166 Å². The van der Waals surface area contributed by atoms with E-state index in [0.29, 0.717) is 22.8 Å². The monoisotopic (exact) mass is 399 g/mol. The summed E-state index contributed by atoms with van der Waals surface area (Å²) in [7, 11) is 1.59. The van der Waals surface area contributed by atoms with E-state index in [1.165, 1.54) is 11.3 Å². The molecular formula is C20H18ClN3O2S. The largest absolute Gasteiger partial charge is 0.355 e. The molecule has 7 heteroatoms. The maximum Gasteiger partial charge on any atom is 0.251 e. The molecule has 3 aromatic rings. The first-order valence-electron chi connectivity index (χ1n) is 8.34. The van der Waals surface area contributed by atoms with Gasteiger partial charge in [-0.1, -0.05) is 41.9 Å². The van der Waals surface area contributed by atoms with E-state index in [0.717, 1.165) is 16.1 Å². The number of benzene rings is 2. The van der Waals surface area contributed by atoms with Crippen molar-refractivity contribution in [3.05, 3.63) is 75.8 Å². The van der Waals surface area contributed by atoms with Crippen molar-refractivity contribution in [1.82, 2.24) is 15.6 Å². The number of carbonyl (C=O) groups is 2. The van der Waals surface area contributed by atoms with E-state index in [9.17, 15) is 9.59 Å². The Balaban J connectivity index is 1.56. The van der Waals surface area contributed by atoms with Crippen LogP contribution in [-0.4, -0.2) is 23.8 Å². The zero-order valence-electron chi connectivity index (χ0n) is 14.7. The second-order valence-electron chi connectivity index (χ2n) is 5.85. The molecule has 3 rings (SSSR count). The molecule has 1 heterocycles. The summed E-state index contributed by atoms with van der Waals surface area (Å²) in [5, 5.41) is 8.75. The van der Waals surface area contributed by atoms with Crippen LogP contribution in [0.4, 0.5) is 0 Å². The average molecular weight is 400 g/mol.